The first-order chi connectivity index (χ1) is 21.4. The lowest BCUT2D eigenvalue weighted by atomic mass is 9.90. The maximum atomic E-state index is 13.1. The van der Waals surface area contributed by atoms with Crippen molar-refractivity contribution in [3.8, 4) is 5.69 Å². The SMILES string of the molecule is CC(=O)Nc1cccc(C(=O)N2CCC(Cc3ccc(NC(=O)Nc4cc(C(C)(C)C)nn4-c4ccc(C)cc4)cc3)CC2)c1. The van der Waals surface area contributed by atoms with Crippen LogP contribution in [0.25, 0.3) is 5.69 Å². The number of carbonyl (C=O) groups is 3. The van der Waals surface area contributed by atoms with Gasteiger partial charge in [-0.15, -0.1) is 0 Å². The summed E-state index contributed by atoms with van der Waals surface area (Å²) in [5, 5.41) is 13.5. The molecule has 0 bridgehead atoms. The molecule has 9 nitrogen and oxygen atoms in total. The predicted octanol–water partition coefficient (Wildman–Crippen LogP) is 7.18. The summed E-state index contributed by atoms with van der Waals surface area (Å²) in [5.74, 6) is 0.902. The molecule has 0 spiro atoms. The van der Waals surface area contributed by atoms with Gasteiger partial charge in [-0.05, 0) is 80.1 Å². The summed E-state index contributed by atoms with van der Waals surface area (Å²) in [6, 6.07) is 24.7. The lowest BCUT2D eigenvalue weighted by molar-refractivity contribution is -0.114. The zero-order chi connectivity index (χ0) is 32.1. The van der Waals surface area contributed by atoms with Gasteiger partial charge in [-0.25, -0.2) is 9.48 Å². The first-order valence-electron chi connectivity index (χ1n) is 15.5. The van der Waals surface area contributed by atoms with E-state index in [0.29, 0.717) is 41.8 Å². The minimum absolute atomic E-state index is 0.00842. The Morgan fingerprint density at radius 2 is 1.53 bits per heavy atom. The van der Waals surface area contributed by atoms with Crippen LogP contribution < -0.4 is 16.0 Å². The minimum atomic E-state index is -0.337. The number of rotatable bonds is 7. The fourth-order valence-corrected chi connectivity index (χ4v) is 5.51. The van der Waals surface area contributed by atoms with Crippen molar-refractivity contribution in [1.82, 2.24) is 14.7 Å². The van der Waals surface area contributed by atoms with Gasteiger partial charge in [-0.3, -0.25) is 14.9 Å². The topological polar surface area (TPSA) is 108 Å². The van der Waals surface area contributed by atoms with E-state index in [4.69, 9.17) is 5.10 Å². The van der Waals surface area contributed by atoms with Crippen molar-refractivity contribution < 1.29 is 14.4 Å². The van der Waals surface area contributed by atoms with Gasteiger partial charge in [0.1, 0.15) is 5.82 Å². The fraction of sp³-hybridized carbons (Fsp3) is 0.333. The second-order valence-corrected chi connectivity index (χ2v) is 12.9. The molecule has 1 aliphatic rings. The molecule has 234 valence electrons. The number of aryl methyl sites for hydroxylation is 1. The fourth-order valence-electron chi connectivity index (χ4n) is 5.51. The van der Waals surface area contributed by atoms with Crippen LogP contribution in [-0.4, -0.2) is 45.6 Å². The quantitative estimate of drug-likeness (QED) is 0.207. The Balaban J connectivity index is 1.15. The molecule has 1 saturated heterocycles. The third-order valence-corrected chi connectivity index (χ3v) is 8.07. The number of carbonyl (C=O) groups excluding carboxylic acids is 3. The number of urea groups is 1. The molecule has 0 atom stereocenters. The largest absolute Gasteiger partial charge is 0.339 e. The number of nitrogens with one attached hydrogen (secondary N) is 3. The number of likely N-dealkylation sites (tertiary alicyclic amines) is 1. The van der Waals surface area contributed by atoms with Gasteiger partial charge in [-0.2, -0.15) is 5.10 Å². The Labute approximate surface area is 265 Å². The number of aromatic nitrogens is 2. The Hall–Kier alpha value is -4.92. The van der Waals surface area contributed by atoms with Crippen molar-refractivity contribution in [3.05, 3.63) is 101 Å². The zero-order valence-corrected chi connectivity index (χ0v) is 26.7. The Kier molecular flexibility index (Phi) is 9.37. The van der Waals surface area contributed by atoms with E-state index in [1.165, 1.54) is 12.5 Å². The van der Waals surface area contributed by atoms with E-state index in [2.05, 4.69) is 48.9 Å². The molecule has 9 heteroatoms. The van der Waals surface area contributed by atoms with E-state index in [-0.39, 0.29) is 23.3 Å². The van der Waals surface area contributed by atoms with Crippen LogP contribution in [0.1, 0.15) is 67.7 Å². The van der Waals surface area contributed by atoms with Gasteiger partial charge in [0.15, 0.2) is 0 Å². The molecule has 4 amide bonds. The van der Waals surface area contributed by atoms with E-state index < -0.39 is 0 Å². The number of nitrogens with zero attached hydrogens (tertiary/aromatic N) is 3. The average Bonchev–Trinajstić information content (AvgIpc) is 3.42. The predicted molar refractivity (Wildman–Crippen MR) is 179 cm³/mol. The van der Waals surface area contributed by atoms with Crippen molar-refractivity contribution in [1.29, 1.82) is 0 Å². The molecule has 1 aromatic heterocycles. The van der Waals surface area contributed by atoms with Gasteiger partial charge in [0.05, 0.1) is 11.4 Å². The van der Waals surface area contributed by atoms with Crippen LogP contribution >= 0.6 is 0 Å². The van der Waals surface area contributed by atoms with Crippen molar-refractivity contribution in [2.75, 3.05) is 29.0 Å². The summed E-state index contributed by atoms with van der Waals surface area (Å²) in [5.41, 5.74) is 5.85. The lowest BCUT2D eigenvalue weighted by Crippen LogP contribution is -2.38. The highest BCUT2D eigenvalue weighted by atomic mass is 16.2. The van der Waals surface area contributed by atoms with Crippen LogP contribution in [0.5, 0.6) is 0 Å². The first kappa shape index (κ1) is 31.5. The minimum Gasteiger partial charge on any atom is -0.339 e. The van der Waals surface area contributed by atoms with Crippen molar-refractivity contribution >= 4 is 35.0 Å². The summed E-state index contributed by atoms with van der Waals surface area (Å²) < 4.78 is 1.77. The van der Waals surface area contributed by atoms with Gasteiger partial charge < -0.3 is 15.5 Å². The van der Waals surface area contributed by atoms with Crippen molar-refractivity contribution in [3.63, 3.8) is 0 Å². The standard InChI is InChI=1S/C36H42N6O3/c1-24-9-15-31(16-10-24)42-33(23-32(40-42)36(3,4)5)39-35(45)38-29-13-11-26(12-14-29)21-27-17-19-41(20-18-27)34(44)28-7-6-8-30(22-28)37-25(2)43/h6-16,22-23,27H,17-21H2,1-5H3,(H,37,43)(H2,38,39,45). The molecule has 2 heterocycles. The smallest absolute Gasteiger partial charge is 0.324 e. The molecular formula is C36H42N6O3. The normalized spacial score (nSPS) is 13.8. The number of piperidine rings is 1. The zero-order valence-electron chi connectivity index (χ0n) is 26.7. The van der Waals surface area contributed by atoms with Crippen LogP contribution in [0.15, 0.2) is 78.9 Å². The second-order valence-electron chi connectivity index (χ2n) is 12.9. The molecule has 0 unspecified atom stereocenters. The van der Waals surface area contributed by atoms with E-state index in [0.717, 1.165) is 36.2 Å². The van der Waals surface area contributed by atoms with Gasteiger partial charge in [0.2, 0.25) is 5.91 Å². The maximum Gasteiger partial charge on any atom is 0.324 e. The molecule has 0 radical (unpaired) electrons. The van der Waals surface area contributed by atoms with Crippen LogP contribution in [0, 0.1) is 12.8 Å². The highest BCUT2D eigenvalue weighted by Crippen LogP contribution is 2.27. The van der Waals surface area contributed by atoms with Crippen LogP contribution in [0.2, 0.25) is 0 Å². The van der Waals surface area contributed by atoms with E-state index in [9.17, 15) is 14.4 Å². The monoisotopic (exact) mass is 606 g/mol. The van der Waals surface area contributed by atoms with Crippen LogP contribution in [0.3, 0.4) is 0 Å². The molecule has 1 aliphatic heterocycles. The third kappa shape index (κ3) is 8.17. The van der Waals surface area contributed by atoms with E-state index >= 15 is 0 Å². The van der Waals surface area contributed by atoms with E-state index in [1.807, 2.05) is 54.3 Å². The van der Waals surface area contributed by atoms with Gasteiger partial charge in [-0.1, -0.05) is 56.7 Å². The number of amides is 4. The molecule has 4 aromatic rings. The molecule has 1 fully saturated rings. The molecule has 3 N–H and O–H groups in total. The summed E-state index contributed by atoms with van der Waals surface area (Å²) in [6.07, 6.45) is 2.76. The molecule has 5 rings (SSSR count). The summed E-state index contributed by atoms with van der Waals surface area (Å²) in [6.45, 7) is 11.2. The number of hydrogen-bond donors (Lipinski definition) is 3. The number of anilines is 3. The molecule has 45 heavy (non-hydrogen) atoms. The molecule has 3 aromatic carbocycles. The van der Waals surface area contributed by atoms with Gasteiger partial charge in [0, 0.05) is 48.4 Å². The van der Waals surface area contributed by atoms with Crippen molar-refractivity contribution in [2.24, 2.45) is 5.92 Å². The van der Waals surface area contributed by atoms with E-state index in [1.54, 1.807) is 28.9 Å². The van der Waals surface area contributed by atoms with Crippen molar-refractivity contribution in [2.45, 2.75) is 59.3 Å². The van der Waals surface area contributed by atoms with Gasteiger partial charge >= 0.3 is 6.03 Å². The number of hydrogen-bond acceptors (Lipinski definition) is 4. The van der Waals surface area contributed by atoms with Gasteiger partial charge in [0.25, 0.3) is 5.91 Å². The first-order valence-corrected chi connectivity index (χ1v) is 15.5. The molecular weight excluding hydrogens is 564 g/mol. The van der Waals surface area contributed by atoms with Crippen LogP contribution in [-0.2, 0) is 16.6 Å². The Bertz CT molecular complexity index is 1660. The lowest BCUT2D eigenvalue weighted by Gasteiger charge is -2.32. The summed E-state index contributed by atoms with van der Waals surface area (Å²) in [7, 11) is 0. The Morgan fingerprint density at radius 3 is 2.18 bits per heavy atom. The highest BCUT2D eigenvalue weighted by Gasteiger charge is 2.25. The molecule has 0 aliphatic carbocycles. The average molecular weight is 607 g/mol. The maximum absolute atomic E-state index is 13.1. The molecule has 0 saturated carbocycles. The third-order valence-electron chi connectivity index (χ3n) is 8.07. The second kappa shape index (κ2) is 13.4. The number of benzene rings is 3. The summed E-state index contributed by atoms with van der Waals surface area (Å²) in [4.78, 5) is 39.4. The summed E-state index contributed by atoms with van der Waals surface area (Å²) >= 11 is 0. The highest BCUT2D eigenvalue weighted by molar-refractivity contribution is 5.99. The Morgan fingerprint density at radius 1 is 0.844 bits per heavy atom. The van der Waals surface area contributed by atoms with Crippen LogP contribution in [0.4, 0.5) is 22.0 Å².